The molecular weight excluding hydrogens is 397 g/mol. The minimum Gasteiger partial charge on any atom is -0.268 e. The Bertz CT molecular complexity index is 1290. The van der Waals surface area contributed by atoms with Crippen LogP contribution in [-0.2, 0) is 6.18 Å². The van der Waals surface area contributed by atoms with Crippen LogP contribution in [0, 0.1) is 6.92 Å². The molecule has 0 aliphatic carbocycles. The van der Waals surface area contributed by atoms with Gasteiger partial charge < -0.3 is 0 Å². The van der Waals surface area contributed by atoms with Crippen molar-refractivity contribution in [1.82, 2.24) is 9.55 Å². The molecule has 0 aliphatic rings. The van der Waals surface area contributed by atoms with Crippen LogP contribution >= 0.6 is 11.3 Å². The molecule has 0 saturated heterocycles. The normalized spacial score (nSPS) is 12.1. The topological polar surface area (TPSA) is 34.9 Å². The summed E-state index contributed by atoms with van der Waals surface area (Å²) in [5.41, 5.74) is 0.436. The highest BCUT2D eigenvalue weighted by atomic mass is 32.1. The zero-order valence-corrected chi connectivity index (χ0v) is 16.1. The molecule has 2 aromatic heterocycles. The second kappa shape index (κ2) is 7.33. The van der Waals surface area contributed by atoms with Gasteiger partial charge >= 0.3 is 6.18 Å². The Morgan fingerprint density at radius 1 is 1.03 bits per heavy atom. The third kappa shape index (κ3) is 3.73. The maximum absolute atomic E-state index is 13.2. The number of aromatic nitrogens is 2. The van der Waals surface area contributed by atoms with E-state index in [1.807, 2.05) is 24.4 Å². The highest BCUT2D eigenvalue weighted by molar-refractivity contribution is 7.11. The van der Waals surface area contributed by atoms with Gasteiger partial charge in [0.15, 0.2) is 0 Å². The van der Waals surface area contributed by atoms with Crippen LogP contribution < -0.4 is 5.56 Å². The number of para-hydroxylation sites is 1. The first-order chi connectivity index (χ1) is 13.8. The molecule has 0 aliphatic heterocycles. The highest BCUT2D eigenvalue weighted by Gasteiger charge is 2.30. The predicted octanol–water partition coefficient (Wildman–Crippen LogP) is 5.94. The van der Waals surface area contributed by atoms with E-state index in [0.717, 1.165) is 22.6 Å². The van der Waals surface area contributed by atoms with Crippen molar-refractivity contribution in [3.63, 3.8) is 0 Å². The molecule has 29 heavy (non-hydrogen) atoms. The summed E-state index contributed by atoms with van der Waals surface area (Å²) in [6, 6.07) is 13.5. The standard InChI is InChI=1S/C22H15F3N2OS/c1-14-11-12-29-19(14)9-10-20-26-18-8-3-2-7-17(18)21(28)27(20)16-6-4-5-15(13-16)22(23,24)25/h2-13H,1H3/b10-9-. The lowest BCUT2D eigenvalue weighted by Crippen LogP contribution is -2.22. The van der Waals surface area contributed by atoms with E-state index in [4.69, 9.17) is 0 Å². The summed E-state index contributed by atoms with van der Waals surface area (Å²) < 4.78 is 40.8. The Balaban J connectivity index is 1.97. The van der Waals surface area contributed by atoms with E-state index < -0.39 is 17.3 Å². The number of halogens is 3. The van der Waals surface area contributed by atoms with Crippen LogP contribution in [0.15, 0.2) is 64.8 Å². The van der Waals surface area contributed by atoms with Gasteiger partial charge in [-0.1, -0.05) is 18.2 Å². The summed E-state index contributed by atoms with van der Waals surface area (Å²) in [5, 5.41) is 2.29. The molecule has 2 aromatic carbocycles. The molecule has 0 unspecified atom stereocenters. The molecule has 0 radical (unpaired) electrons. The van der Waals surface area contributed by atoms with Gasteiger partial charge in [-0.3, -0.25) is 9.36 Å². The smallest absolute Gasteiger partial charge is 0.268 e. The quantitative estimate of drug-likeness (QED) is 0.417. The lowest BCUT2D eigenvalue weighted by Gasteiger charge is -2.13. The fourth-order valence-electron chi connectivity index (χ4n) is 3.04. The monoisotopic (exact) mass is 412 g/mol. The van der Waals surface area contributed by atoms with Gasteiger partial charge in [-0.15, -0.1) is 11.3 Å². The molecule has 0 bridgehead atoms. The molecular formula is C22H15F3N2OS. The molecule has 0 spiro atoms. The number of hydrogen-bond donors (Lipinski definition) is 0. The predicted molar refractivity (Wildman–Crippen MR) is 110 cm³/mol. The first-order valence-electron chi connectivity index (χ1n) is 8.76. The van der Waals surface area contributed by atoms with Crippen LogP contribution in [0.25, 0.3) is 28.7 Å². The highest BCUT2D eigenvalue weighted by Crippen LogP contribution is 2.30. The van der Waals surface area contributed by atoms with Crippen LogP contribution in [0.2, 0.25) is 0 Å². The van der Waals surface area contributed by atoms with Gasteiger partial charge in [0.25, 0.3) is 5.56 Å². The molecule has 146 valence electrons. The molecule has 0 N–H and O–H groups in total. The van der Waals surface area contributed by atoms with E-state index in [-0.39, 0.29) is 11.5 Å². The Kier molecular flexibility index (Phi) is 4.84. The summed E-state index contributed by atoms with van der Waals surface area (Å²) in [4.78, 5) is 18.7. The summed E-state index contributed by atoms with van der Waals surface area (Å²) >= 11 is 1.53. The number of hydrogen-bond acceptors (Lipinski definition) is 3. The Morgan fingerprint density at radius 3 is 2.55 bits per heavy atom. The fourth-order valence-corrected chi connectivity index (χ4v) is 3.86. The summed E-state index contributed by atoms with van der Waals surface area (Å²) in [6.45, 7) is 1.96. The average Bonchev–Trinajstić information content (AvgIpc) is 3.11. The molecule has 4 aromatic rings. The third-order valence-corrected chi connectivity index (χ3v) is 5.50. The molecule has 0 saturated carbocycles. The molecule has 4 rings (SSSR count). The van der Waals surface area contributed by atoms with Gasteiger partial charge in [0.1, 0.15) is 5.82 Å². The van der Waals surface area contributed by atoms with Crippen molar-refractivity contribution in [1.29, 1.82) is 0 Å². The van der Waals surface area contributed by atoms with E-state index in [1.165, 1.54) is 28.0 Å². The van der Waals surface area contributed by atoms with Crippen molar-refractivity contribution in [3.8, 4) is 5.69 Å². The molecule has 3 nitrogen and oxygen atoms in total. The maximum atomic E-state index is 13.2. The van der Waals surface area contributed by atoms with Crippen LogP contribution in [0.4, 0.5) is 13.2 Å². The van der Waals surface area contributed by atoms with Gasteiger partial charge in [-0.2, -0.15) is 13.2 Å². The number of benzene rings is 2. The second-order valence-corrected chi connectivity index (χ2v) is 7.42. The van der Waals surface area contributed by atoms with Gasteiger partial charge in [-0.25, -0.2) is 4.98 Å². The lowest BCUT2D eigenvalue weighted by atomic mass is 10.1. The minimum absolute atomic E-state index is 0.116. The van der Waals surface area contributed by atoms with E-state index in [9.17, 15) is 18.0 Å². The Hall–Kier alpha value is -3.19. The van der Waals surface area contributed by atoms with Crippen molar-refractivity contribution in [3.05, 3.63) is 92.2 Å². The Labute approximate surface area is 168 Å². The van der Waals surface area contributed by atoms with Crippen LogP contribution in [0.3, 0.4) is 0 Å². The number of nitrogens with zero attached hydrogens (tertiary/aromatic N) is 2. The van der Waals surface area contributed by atoms with E-state index in [0.29, 0.717) is 10.9 Å². The molecule has 7 heteroatoms. The zero-order valence-electron chi connectivity index (χ0n) is 15.3. The fraction of sp³-hybridized carbons (Fsp3) is 0.0909. The van der Waals surface area contributed by atoms with Crippen molar-refractivity contribution in [2.24, 2.45) is 0 Å². The molecule has 0 atom stereocenters. The number of fused-ring (bicyclic) bond motifs is 1. The van der Waals surface area contributed by atoms with Crippen LogP contribution in [0.5, 0.6) is 0 Å². The minimum atomic E-state index is -4.51. The van der Waals surface area contributed by atoms with Crippen LogP contribution in [-0.4, -0.2) is 9.55 Å². The van der Waals surface area contributed by atoms with Gasteiger partial charge in [-0.05, 0) is 66.4 Å². The SMILES string of the molecule is Cc1ccsc1/C=C\c1nc2ccccc2c(=O)n1-c1cccc(C(F)(F)F)c1. The third-order valence-electron chi connectivity index (χ3n) is 4.52. The molecule has 0 amide bonds. The van der Waals surface area contributed by atoms with Gasteiger partial charge in [0, 0.05) is 4.88 Å². The average molecular weight is 412 g/mol. The maximum Gasteiger partial charge on any atom is 0.416 e. The molecule has 2 heterocycles. The number of thiophene rings is 1. The molecule has 0 fully saturated rings. The van der Waals surface area contributed by atoms with Crippen molar-refractivity contribution >= 4 is 34.4 Å². The van der Waals surface area contributed by atoms with Crippen molar-refractivity contribution in [2.45, 2.75) is 13.1 Å². The summed E-state index contributed by atoms with van der Waals surface area (Å²) in [5.74, 6) is 0.265. The number of alkyl halides is 3. The number of rotatable bonds is 3. The van der Waals surface area contributed by atoms with Crippen molar-refractivity contribution in [2.75, 3.05) is 0 Å². The van der Waals surface area contributed by atoms with Crippen molar-refractivity contribution < 1.29 is 13.2 Å². The van der Waals surface area contributed by atoms with Gasteiger partial charge in [0.05, 0.1) is 22.2 Å². The van der Waals surface area contributed by atoms with E-state index in [1.54, 1.807) is 30.3 Å². The first kappa shape index (κ1) is 19.1. The summed E-state index contributed by atoms with van der Waals surface area (Å²) in [7, 11) is 0. The first-order valence-corrected chi connectivity index (χ1v) is 9.64. The van der Waals surface area contributed by atoms with Crippen LogP contribution in [0.1, 0.15) is 21.8 Å². The van der Waals surface area contributed by atoms with E-state index >= 15 is 0 Å². The zero-order chi connectivity index (χ0) is 20.6. The summed E-state index contributed by atoms with van der Waals surface area (Å²) in [6.07, 6.45) is -1.03. The largest absolute Gasteiger partial charge is 0.416 e. The second-order valence-electron chi connectivity index (χ2n) is 6.48. The number of aryl methyl sites for hydroxylation is 1. The lowest BCUT2D eigenvalue weighted by molar-refractivity contribution is -0.137. The Morgan fingerprint density at radius 2 is 1.83 bits per heavy atom. The van der Waals surface area contributed by atoms with E-state index in [2.05, 4.69) is 4.98 Å². The van der Waals surface area contributed by atoms with Gasteiger partial charge in [0.2, 0.25) is 0 Å².